The van der Waals surface area contributed by atoms with E-state index in [1.165, 1.54) is 15.8 Å². The fourth-order valence-electron chi connectivity index (χ4n) is 3.45. The number of rotatable bonds is 3. The summed E-state index contributed by atoms with van der Waals surface area (Å²) in [6.07, 6.45) is 3.56. The largest absolute Gasteiger partial charge is 0.345 e. The maximum Gasteiger partial charge on any atom is 0.246 e. The minimum Gasteiger partial charge on any atom is -0.345 e. The Morgan fingerprint density at radius 2 is 1.81 bits per heavy atom. The van der Waals surface area contributed by atoms with Crippen molar-refractivity contribution >= 4 is 38.7 Å². The molecule has 1 fully saturated rings. The molecule has 0 atom stereocenters. The minimum atomic E-state index is 0.0780. The van der Waals surface area contributed by atoms with Crippen molar-refractivity contribution in [3.05, 3.63) is 65.2 Å². The van der Waals surface area contributed by atoms with Gasteiger partial charge in [-0.2, -0.15) is 0 Å². The number of hydrogen-bond donors (Lipinski definition) is 0. The van der Waals surface area contributed by atoms with E-state index >= 15 is 0 Å². The lowest BCUT2D eigenvalue weighted by Crippen LogP contribution is -2.48. The Bertz CT molecular complexity index is 985. The van der Waals surface area contributed by atoms with Crippen molar-refractivity contribution in [3.8, 4) is 0 Å². The molecule has 1 amide bonds. The van der Waals surface area contributed by atoms with Crippen LogP contribution in [0.4, 0.5) is 5.13 Å². The third-order valence-electron chi connectivity index (χ3n) is 4.90. The molecule has 4 nitrogen and oxygen atoms in total. The number of aromatic nitrogens is 1. The first kappa shape index (κ1) is 17.7. The van der Waals surface area contributed by atoms with E-state index in [9.17, 15) is 4.79 Å². The molecule has 2 aromatic carbocycles. The molecule has 1 aromatic heterocycles. The summed E-state index contributed by atoms with van der Waals surface area (Å²) in [4.78, 5) is 21.5. The van der Waals surface area contributed by atoms with Crippen molar-refractivity contribution in [2.75, 3.05) is 31.1 Å². The van der Waals surface area contributed by atoms with Gasteiger partial charge in [0.1, 0.15) is 0 Å². The molecule has 3 aromatic rings. The molecule has 138 valence electrons. The summed E-state index contributed by atoms with van der Waals surface area (Å²) in [6.45, 7) is 7.34. The molecule has 2 heterocycles. The van der Waals surface area contributed by atoms with E-state index in [4.69, 9.17) is 4.98 Å². The van der Waals surface area contributed by atoms with Gasteiger partial charge in [-0.25, -0.2) is 4.98 Å². The summed E-state index contributed by atoms with van der Waals surface area (Å²) in [5, 5.41) is 1.06. The Hall–Kier alpha value is -2.66. The third-order valence-corrected chi connectivity index (χ3v) is 5.96. The first-order chi connectivity index (χ1) is 13.1. The minimum absolute atomic E-state index is 0.0780. The van der Waals surface area contributed by atoms with Crippen LogP contribution in [0.15, 0.2) is 48.5 Å². The maximum atomic E-state index is 12.4. The Kier molecular flexibility index (Phi) is 4.94. The number of hydrogen-bond acceptors (Lipinski definition) is 4. The lowest BCUT2D eigenvalue weighted by Gasteiger charge is -2.34. The molecule has 0 bridgehead atoms. The van der Waals surface area contributed by atoms with Gasteiger partial charge in [0.15, 0.2) is 5.13 Å². The second kappa shape index (κ2) is 7.53. The molecule has 5 heteroatoms. The monoisotopic (exact) mass is 377 g/mol. The van der Waals surface area contributed by atoms with Crippen LogP contribution < -0.4 is 4.90 Å². The second-order valence-corrected chi connectivity index (χ2v) is 7.99. The highest BCUT2D eigenvalue weighted by atomic mass is 32.1. The zero-order valence-corrected chi connectivity index (χ0v) is 16.5. The Balaban J connectivity index is 1.41. The van der Waals surface area contributed by atoms with Gasteiger partial charge in [-0.3, -0.25) is 4.79 Å². The topological polar surface area (TPSA) is 36.4 Å². The highest BCUT2D eigenvalue weighted by Gasteiger charge is 2.22. The summed E-state index contributed by atoms with van der Waals surface area (Å²) in [6, 6.07) is 14.3. The molecular formula is C22H23N3OS. The highest BCUT2D eigenvalue weighted by molar-refractivity contribution is 7.22. The van der Waals surface area contributed by atoms with E-state index in [1.54, 1.807) is 17.4 Å². The zero-order chi connectivity index (χ0) is 18.8. The fraction of sp³-hybridized carbons (Fsp3) is 0.273. The average molecular weight is 378 g/mol. The standard InChI is InChI=1S/C22H23N3OS/c1-16-14-17(2)21-19(15-16)27-22(23-21)25-12-10-24(11-13-25)20(26)9-8-18-6-4-3-5-7-18/h3-9,14-15H,10-13H2,1-2H3/b9-8+. The molecule has 0 saturated carbocycles. The van der Waals surface area contributed by atoms with Crippen LogP contribution in [0.2, 0.25) is 0 Å². The quantitative estimate of drug-likeness (QED) is 0.640. The normalized spacial score (nSPS) is 15.0. The molecule has 0 unspecified atom stereocenters. The molecule has 1 saturated heterocycles. The maximum absolute atomic E-state index is 12.4. The number of carbonyl (C=O) groups excluding carboxylic acids is 1. The predicted octanol–water partition coefficient (Wildman–Crippen LogP) is 4.28. The van der Waals surface area contributed by atoms with E-state index in [-0.39, 0.29) is 5.91 Å². The van der Waals surface area contributed by atoms with E-state index < -0.39 is 0 Å². The molecular weight excluding hydrogens is 354 g/mol. The number of benzene rings is 2. The number of anilines is 1. The van der Waals surface area contributed by atoms with Gasteiger partial charge in [0.25, 0.3) is 0 Å². The van der Waals surface area contributed by atoms with Crippen LogP contribution in [0.1, 0.15) is 16.7 Å². The van der Waals surface area contributed by atoms with Crippen molar-refractivity contribution in [2.45, 2.75) is 13.8 Å². The molecule has 4 rings (SSSR count). The molecule has 0 radical (unpaired) electrons. The summed E-state index contributed by atoms with van der Waals surface area (Å²) in [5.74, 6) is 0.0780. The first-order valence-corrected chi connectivity index (χ1v) is 10.1. The SMILES string of the molecule is Cc1cc(C)c2nc(N3CCN(C(=O)/C=C/c4ccccc4)CC3)sc2c1. The van der Waals surface area contributed by atoms with Crippen molar-refractivity contribution < 1.29 is 4.79 Å². The first-order valence-electron chi connectivity index (χ1n) is 9.25. The van der Waals surface area contributed by atoms with E-state index in [1.807, 2.05) is 41.3 Å². The third kappa shape index (κ3) is 3.88. The van der Waals surface area contributed by atoms with E-state index in [0.29, 0.717) is 0 Å². The van der Waals surface area contributed by atoms with Crippen LogP contribution >= 0.6 is 11.3 Å². The lowest BCUT2D eigenvalue weighted by atomic mass is 10.1. The van der Waals surface area contributed by atoms with Gasteiger partial charge in [-0.15, -0.1) is 0 Å². The number of nitrogens with zero attached hydrogens (tertiary/aromatic N) is 3. The van der Waals surface area contributed by atoms with Gasteiger partial charge in [0.05, 0.1) is 10.2 Å². The summed E-state index contributed by atoms with van der Waals surface area (Å²) >= 11 is 1.75. The summed E-state index contributed by atoms with van der Waals surface area (Å²) in [7, 11) is 0. The molecule has 0 N–H and O–H groups in total. The number of amides is 1. The molecule has 0 spiro atoms. The van der Waals surface area contributed by atoms with Gasteiger partial charge in [0, 0.05) is 32.3 Å². The van der Waals surface area contributed by atoms with E-state index in [2.05, 4.69) is 30.9 Å². The van der Waals surface area contributed by atoms with Crippen LogP contribution in [0.25, 0.3) is 16.3 Å². The predicted molar refractivity (Wildman–Crippen MR) is 113 cm³/mol. The summed E-state index contributed by atoms with van der Waals surface area (Å²) in [5.41, 5.74) is 4.65. The van der Waals surface area contributed by atoms with Crippen molar-refractivity contribution in [1.29, 1.82) is 0 Å². The van der Waals surface area contributed by atoms with Crippen molar-refractivity contribution in [1.82, 2.24) is 9.88 Å². The molecule has 1 aliphatic rings. The fourth-order valence-corrected chi connectivity index (χ4v) is 4.64. The molecule has 0 aliphatic carbocycles. The number of thiazole rings is 1. The second-order valence-electron chi connectivity index (χ2n) is 6.98. The van der Waals surface area contributed by atoms with Crippen LogP contribution in [0.5, 0.6) is 0 Å². The Morgan fingerprint density at radius 1 is 1.07 bits per heavy atom. The van der Waals surface area contributed by atoms with Gasteiger partial charge in [-0.05, 0) is 42.7 Å². The molecule has 27 heavy (non-hydrogen) atoms. The van der Waals surface area contributed by atoms with Gasteiger partial charge < -0.3 is 9.80 Å². The van der Waals surface area contributed by atoms with Crippen LogP contribution in [0.3, 0.4) is 0 Å². The Labute approximate surface area is 163 Å². The zero-order valence-electron chi connectivity index (χ0n) is 15.7. The number of carbonyl (C=O) groups is 1. The van der Waals surface area contributed by atoms with E-state index in [0.717, 1.165) is 42.4 Å². The highest BCUT2D eigenvalue weighted by Crippen LogP contribution is 2.32. The van der Waals surface area contributed by atoms with Gasteiger partial charge >= 0.3 is 0 Å². The van der Waals surface area contributed by atoms with Crippen LogP contribution in [-0.4, -0.2) is 42.0 Å². The number of piperazine rings is 1. The molecule has 1 aliphatic heterocycles. The van der Waals surface area contributed by atoms with Crippen molar-refractivity contribution in [3.63, 3.8) is 0 Å². The Morgan fingerprint density at radius 3 is 2.56 bits per heavy atom. The number of fused-ring (bicyclic) bond motifs is 1. The van der Waals surface area contributed by atoms with Gasteiger partial charge in [0.2, 0.25) is 5.91 Å². The lowest BCUT2D eigenvalue weighted by molar-refractivity contribution is -0.126. The van der Waals surface area contributed by atoms with Gasteiger partial charge in [-0.1, -0.05) is 47.7 Å². The van der Waals surface area contributed by atoms with Crippen molar-refractivity contribution in [2.24, 2.45) is 0 Å². The smallest absolute Gasteiger partial charge is 0.246 e. The van der Waals surface area contributed by atoms with Crippen LogP contribution in [0, 0.1) is 13.8 Å². The summed E-state index contributed by atoms with van der Waals surface area (Å²) < 4.78 is 1.24. The average Bonchev–Trinajstić information content (AvgIpc) is 3.11. The van der Waals surface area contributed by atoms with Crippen LogP contribution in [-0.2, 0) is 4.79 Å². The number of aryl methyl sites for hydroxylation is 2.